The van der Waals surface area contributed by atoms with Crippen LogP contribution in [0.3, 0.4) is 0 Å². The highest BCUT2D eigenvalue weighted by Crippen LogP contribution is 2.31. The first-order valence-electron chi connectivity index (χ1n) is 7.93. The maximum absolute atomic E-state index is 4.56. The molecule has 5 heteroatoms. The van der Waals surface area contributed by atoms with Gasteiger partial charge in [-0.3, -0.25) is 0 Å². The number of aromatic nitrogens is 2. The third-order valence-corrected chi connectivity index (χ3v) is 5.34. The van der Waals surface area contributed by atoms with Crippen LogP contribution >= 0.6 is 11.3 Å². The Kier molecular flexibility index (Phi) is 4.58. The van der Waals surface area contributed by atoms with Crippen molar-refractivity contribution < 1.29 is 0 Å². The maximum Gasteiger partial charge on any atom is 0.225 e. The smallest absolute Gasteiger partial charge is 0.225 e. The number of rotatable bonds is 5. The van der Waals surface area contributed by atoms with E-state index in [1.807, 2.05) is 7.05 Å². The summed E-state index contributed by atoms with van der Waals surface area (Å²) in [4.78, 5) is 10.1. The van der Waals surface area contributed by atoms with Gasteiger partial charge in [0.1, 0.15) is 10.6 Å². The van der Waals surface area contributed by atoms with Gasteiger partial charge in [-0.25, -0.2) is 4.98 Å². The third kappa shape index (κ3) is 3.46. The molecule has 0 amide bonds. The summed E-state index contributed by atoms with van der Waals surface area (Å²) in [5.74, 6) is 3.48. The standard InChI is InChI=1S/C16H24N4S/c1-11-3-5-12(6-4-11)7-9-18-14-13-8-10-21-15(13)20-16(17-2)19-14/h8,10-12H,3-7,9H2,1-2H3,(H2,17,18,19,20). The minimum absolute atomic E-state index is 0.693. The molecule has 4 nitrogen and oxygen atoms in total. The highest BCUT2D eigenvalue weighted by molar-refractivity contribution is 7.16. The molecule has 0 radical (unpaired) electrons. The van der Waals surface area contributed by atoms with E-state index in [9.17, 15) is 0 Å². The molecule has 1 fully saturated rings. The van der Waals surface area contributed by atoms with Crippen molar-refractivity contribution in [2.75, 3.05) is 24.2 Å². The lowest BCUT2D eigenvalue weighted by Crippen LogP contribution is -2.16. The number of anilines is 2. The van der Waals surface area contributed by atoms with Crippen LogP contribution in [-0.4, -0.2) is 23.6 Å². The van der Waals surface area contributed by atoms with Gasteiger partial charge in [0, 0.05) is 13.6 Å². The lowest BCUT2D eigenvalue weighted by molar-refractivity contribution is 0.282. The zero-order chi connectivity index (χ0) is 14.7. The van der Waals surface area contributed by atoms with E-state index in [1.54, 1.807) is 11.3 Å². The average molecular weight is 304 g/mol. The Labute approximate surface area is 130 Å². The topological polar surface area (TPSA) is 49.8 Å². The van der Waals surface area contributed by atoms with E-state index >= 15 is 0 Å². The second-order valence-corrected chi connectivity index (χ2v) is 7.02. The van der Waals surface area contributed by atoms with Crippen LogP contribution in [0.4, 0.5) is 11.8 Å². The largest absolute Gasteiger partial charge is 0.369 e. The van der Waals surface area contributed by atoms with E-state index in [-0.39, 0.29) is 0 Å². The fourth-order valence-electron chi connectivity index (χ4n) is 3.11. The Bertz CT molecular complexity index is 587. The Morgan fingerprint density at radius 3 is 2.81 bits per heavy atom. The number of hydrogen-bond donors (Lipinski definition) is 2. The molecule has 2 aromatic heterocycles. The maximum atomic E-state index is 4.56. The lowest BCUT2D eigenvalue weighted by Gasteiger charge is -2.26. The summed E-state index contributed by atoms with van der Waals surface area (Å²) in [5, 5.41) is 9.77. The van der Waals surface area contributed by atoms with Crippen molar-refractivity contribution in [3.8, 4) is 0 Å². The second-order valence-electron chi connectivity index (χ2n) is 6.13. The fraction of sp³-hybridized carbons (Fsp3) is 0.625. The zero-order valence-corrected chi connectivity index (χ0v) is 13.7. The van der Waals surface area contributed by atoms with Gasteiger partial charge in [-0.15, -0.1) is 11.3 Å². The average Bonchev–Trinajstić information content (AvgIpc) is 2.97. The van der Waals surface area contributed by atoms with Crippen molar-refractivity contribution >= 4 is 33.3 Å². The molecule has 0 saturated heterocycles. The molecule has 2 heterocycles. The van der Waals surface area contributed by atoms with Crippen molar-refractivity contribution in [1.82, 2.24) is 9.97 Å². The molecular weight excluding hydrogens is 280 g/mol. The summed E-state index contributed by atoms with van der Waals surface area (Å²) in [7, 11) is 1.86. The molecule has 3 rings (SSSR count). The lowest BCUT2D eigenvalue weighted by atomic mass is 9.81. The molecule has 2 N–H and O–H groups in total. The number of hydrogen-bond acceptors (Lipinski definition) is 5. The molecule has 0 spiro atoms. The number of nitrogens with one attached hydrogen (secondary N) is 2. The molecule has 1 aliphatic rings. The van der Waals surface area contributed by atoms with E-state index in [2.05, 4.69) is 39.0 Å². The fourth-order valence-corrected chi connectivity index (χ4v) is 3.88. The summed E-state index contributed by atoms with van der Waals surface area (Å²) in [6.45, 7) is 3.38. The van der Waals surface area contributed by atoms with Crippen LogP contribution in [0.2, 0.25) is 0 Å². The van der Waals surface area contributed by atoms with Crippen molar-refractivity contribution in [3.05, 3.63) is 11.4 Å². The van der Waals surface area contributed by atoms with Gasteiger partial charge in [0.2, 0.25) is 5.95 Å². The molecule has 2 aromatic rings. The quantitative estimate of drug-likeness (QED) is 0.861. The molecular formula is C16H24N4S. The van der Waals surface area contributed by atoms with Crippen LogP contribution in [0.5, 0.6) is 0 Å². The predicted molar refractivity (Wildman–Crippen MR) is 91.2 cm³/mol. The summed E-state index contributed by atoms with van der Waals surface area (Å²) in [5.41, 5.74) is 0. The first kappa shape index (κ1) is 14.6. The molecule has 1 saturated carbocycles. The number of thiophene rings is 1. The SMILES string of the molecule is CNc1nc(NCCC2CCC(C)CC2)c2ccsc2n1. The molecule has 21 heavy (non-hydrogen) atoms. The Hall–Kier alpha value is -1.36. The van der Waals surface area contributed by atoms with Crippen LogP contribution in [0.15, 0.2) is 11.4 Å². The van der Waals surface area contributed by atoms with Crippen molar-refractivity contribution in [2.45, 2.75) is 39.0 Å². The minimum atomic E-state index is 0.693. The summed E-state index contributed by atoms with van der Waals surface area (Å²) < 4.78 is 0. The van der Waals surface area contributed by atoms with Gasteiger partial charge in [0.05, 0.1) is 5.39 Å². The normalized spacial score (nSPS) is 22.4. The Morgan fingerprint density at radius 1 is 1.24 bits per heavy atom. The third-order valence-electron chi connectivity index (χ3n) is 4.53. The molecule has 0 aromatic carbocycles. The van der Waals surface area contributed by atoms with Gasteiger partial charge >= 0.3 is 0 Å². The summed E-state index contributed by atoms with van der Waals surface area (Å²) >= 11 is 1.66. The van der Waals surface area contributed by atoms with Gasteiger partial charge in [0.15, 0.2) is 0 Å². The molecule has 0 atom stereocenters. The molecule has 0 unspecified atom stereocenters. The van der Waals surface area contributed by atoms with Gasteiger partial charge in [-0.1, -0.05) is 32.6 Å². The first-order chi connectivity index (χ1) is 10.3. The monoisotopic (exact) mass is 304 g/mol. The molecule has 0 aliphatic heterocycles. The van der Waals surface area contributed by atoms with E-state index in [0.717, 1.165) is 34.4 Å². The molecule has 1 aliphatic carbocycles. The van der Waals surface area contributed by atoms with Crippen LogP contribution in [0, 0.1) is 11.8 Å². The molecule has 114 valence electrons. The Balaban J connectivity index is 1.61. The van der Waals surface area contributed by atoms with Crippen molar-refractivity contribution in [3.63, 3.8) is 0 Å². The predicted octanol–water partition coefficient (Wildman–Crippen LogP) is 4.36. The number of fused-ring (bicyclic) bond motifs is 1. The zero-order valence-electron chi connectivity index (χ0n) is 12.9. The van der Waals surface area contributed by atoms with E-state index in [0.29, 0.717) is 5.95 Å². The van der Waals surface area contributed by atoms with Crippen molar-refractivity contribution in [1.29, 1.82) is 0 Å². The first-order valence-corrected chi connectivity index (χ1v) is 8.81. The summed E-state index contributed by atoms with van der Waals surface area (Å²) in [6.07, 6.45) is 6.83. The van der Waals surface area contributed by atoms with Gasteiger partial charge < -0.3 is 10.6 Å². The van der Waals surface area contributed by atoms with Gasteiger partial charge in [-0.05, 0) is 29.7 Å². The number of nitrogens with zero attached hydrogens (tertiary/aromatic N) is 2. The highest BCUT2D eigenvalue weighted by Gasteiger charge is 2.18. The van der Waals surface area contributed by atoms with Crippen LogP contribution < -0.4 is 10.6 Å². The highest BCUT2D eigenvalue weighted by atomic mass is 32.1. The summed E-state index contributed by atoms with van der Waals surface area (Å²) in [6, 6.07) is 2.10. The van der Waals surface area contributed by atoms with Crippen LogP contribution in [0.25, 0.3) is 10.2 Å². The minimum Gasteiger partial charge on any atom is -0.369 e. The van der Waals surface area contributed by atoms with E-state index < -0.39 is 0 Å². The van der Waals surface area contributed by atoms with E-state index in [1.165, 1.54) is 32.1 Å². The van der Waals surface area contributed by atoms with Crippen LogP contribution in [-0.2, 0) is 0 Å². The van der Waals surface area contributed by atoms with E-state index in [4.69, 9.17) is 0 Å². The van der Waals surface area contributed by atoms with Crippen molar-refractivity contribution in [2.24, 2.45) is 11.8 Å². The molecule has 0 bridgehead atoms. The Morgan fingerprint density at radius 2 is 2.05 bits per heavy atom. The van der Waals surface area contributed by atoms with Gasteiger partial charge in [0.25, 0.3) is 0 Å². The van der Waals surface area contributed by atoms with Gasteiger partial charge in [-0.2, -0.15) is 4.98 Å². The van der Waals surface area contributed by atoms with Crippen LogP contribution in [0.1, 0.15) is 39.0 Å². The second kappa shape index (κ2) is 6.60.